The summed E-state index contributed by atoms with van der Waals surface area (Å²) in [5, 5.41) is 31.4. The van der Waals surface area contributed by atoms with Crippen LogP contribution in [0.15, 0.2) is 42.5 Å². The lowest BCUT2D eigenvalue weighted by Crippen LogP contribution is -2.35. The Balaban J connectivity index is 1.66. The van der Waals surface area contributed by atoms with Crippen LogP contribution >= 0.6 is 0 Å². The van der Waals surface area contributed by atoms with Crippen LogP contribution in [0, 0.1) is 0 Å². The molecule has 8 heteroatoms. The third-order valence-electron chi connectivity index (χ3n) is 4.79. The Bertz CT molecular complexity index is 854. The van der Waals surface area contributed by atoms with Gasteiger partial charge in [-0.25, -0.2) is 4.79 Å². The highest BCUT2D eigenvalue weighted by Crippen LogP contribution is 2.36. The maximum atomic E-state index is 12.6. The number of aliphatic hydroxyl groups excluding tert-OH is 1. The number of carbonyl (C=O) groups is 2. The second kappa shape index (κ2) is 9.01. The van der Waals surface area contributed by atoms with E-state index in [-0.39, 0.29) is 30.1 Å². The lowest BCUT2D eigenvalue weighted by atomic mass is 9.64. The molecule has 0 saturated heterocycles. The van der Waals surface area contributed by atoms with E-state index >= 15 is 0 Å². The van der Waals surface area contributed by atoms with Crippen LogP contribution in [0.5, 0.6) is 5.75 Å². The van der Waals surface area contributed by atoms with Crippen molar-refractivity contribution in [3.63, 3.8) is 0 Å². The van der Waals surface area contributed by atoms with E-state index in [1.165, 1.54) is 6.07 Å². The quantitative estimate of drug-likeness (QED) is 0.310. The number of fused-ring (bicyclic) bond motifs is 1. The molecular formula is C20H22BNO6. The highest BCUT2D eigenvalue weighted by atomic mass is 16.5. The lowest BCUT2D eigenvalue weighted by molar-refractivity contribution is 0.0693. The SMILES string of the molecule is O=C(C[C@H]1Cc2cccc(C(=O)O)c2OB1O)c1ccc(CNCCO)cc1. The number of hydrogen-bond donors (Lipinski definition) is 4. The highest BCUT2D eigenvalue weighted by molar-refractivity contribution is 6.47. The second-order valence-electron chi connectivity index (χ2n) is 6.80. The predicted molar refractivity (Wildman–Crippen MR) is 104 cm³/mol. The van der Waals surface area contributed by atoms with Crippen molar-refractivity contribution >= 4 is 18.9 Å². The molecule has 1 heterocycles. The third-order valence-corrected chi connectivity index (χ3v) is 4.79. The van der Waals surface area contributed by atoms with Gasteiger partial charge in [-0.2, -0.15) is 0 Å². The number of carbonyl (C=O) groups excluding carboxylic acids is 1. The fraction of sp³-hybridized carbons (Fsp3) is 0.300. The molecule has 1 atom stereocenters. The summed E-state index contributed by atoms with van der Waals surface area (Å²) < 4.78 is 5.44. The van der Waals surface area contributed by atoms with Gasteiger partial charge >= 0.3 is 13.1 Å². The number of para-hydroxylation sites is 1. The minimum atomic E-state index is -1.24. The molecule has 0 bridgehead atoms. The van der Waals surface area contributed by atoms with E-state index in [9.17, 15) is 19.7 Å². The summed E-state index contributed by atoms with van der Waals surface area (Å²) in [6.45, 7) is 1.18. The number of ketones is 1. The normalized spacial score (nSPS) is 15.6. The Morgan fingerprint density at radius 3 is 2.61 bits per heavy atom. The molecule has 7 nitrogen and oxygen atoms in total. The van der Waals surface area contributed by atoms with Gasteiger partial charge in [-0.3, -0.25) is 4.79 Å². The summed E-state index contributed by atoms with van der Waals surface area (Å²) in [4.78, 5) is 23.9. The van der Waals surface area contributed by atoms with E-state index in [4.69, 9.17) is 9.76 Å². The minimum absolute atomic E-state index is 0.00622. The van der Waals surface area contributed by atoms with Crippen LogP contribution in [-0.2, 0) is 13.0 Å². The molecule has 0 saturated carbocycles. The van der Waals surface area contributed by atoms with Gasteiger partial charge in [0.05, 0.1) is 12.2 Å². The first kappa shape index (κ1) is 20.1. The Hall–Kier alpha value is -2.68. The van der Waals surface area contributed by atoms with Crippen molar-refractivity contribution in [2.45, 2.75) is 25.2 Å². The second-order valence-corrected chi connectivity index (χ2v) is 6.80. The summed E-state index contributed by atoms with van der Waals surface area (Å²) in [6, 6.07) is 12.0. The first-order chi connectivity index (χ1) is 13.5. The van der Waals surface area contributed by atoms with Crippen LogP contribution in [0.4, 0.5) is 0 Å². The van der Waals surface area contributed by atoms with Crippen molar-refractivity contribution in [2.75, 3.05) is 13.2 Å². The zero-order valence-corrected chi connectivity index (χ0v) is 15.3. The summed E-state index contributed by atoms with van der Waals surface area (Å²) in [6.07, 6.45) is 0.465. The largest absolute Gasteiger partial charge is 0.535 e. The van der Waals surface area contributed by atoms with Gasteiger partial charge in [0.1, 0.15) is 5.75 Å². The molecule has 0 radical (unpaired) electrons. The minimum Gasteiger partial charge on any atom is -0.535 e. The molecule has 1 aliphatic rings. The summed E-state index contributed by atoms with van der Waals surface area (Å²) in [7, 11) is -1.24. The molecular weight excluding hydrogens is 361 g/mol. The number of rotatable bonds is 8. The van der Waals surface area contributed by atoms with Gasteiger partial charge in [0.15, 0.2) is 5.78 Å². The van der Waals surface area contributed by atoms with E-state index in [1.807, 2.05) is 12.1 Å². The van der Waals surface area contributed by atoms with E-state index in [1.54, 1.807) is 24.3 Å². The van der Waals surface area contributed by atoms with Crippen molar-refractivity contribution in [3.8, 4) is 5.75 Å². The number of aromatic carboxylic acids is 1. The Labute approximate surface area is 163 Å². The molecule has 146 valence electrons. The zero-order chi connectivity index (χ0) is 20.1. The van der Waals surface area contributed by atoms with E-state index in [2.05, 4.69) is 5.32 Å². The average Bonchev–Trinajstić information content (AvgIpc) is 2.68. The Morgan fingerprint density at radius 1 is 1.18 bits per heavy atom. The van der Waals surface area contributed by atoms with Crippen molar-refractivity contribution in [3.05, 3.63) is 64.7 Å². The topological polar surface area (TPSA) is 116 Å². The van der Waals surface area contributed by atoms with Crippen LogP contribution in [0.25, 0.3) is 0 Å². The van der Waals surface area contributed by atoms with Crippen LogP contribution in [0.1, 0.15) is 38.3 Å². The summed E-state index contributed by atoms with van der Waals surface area (Å²) >= 11 is 0. The monoisotopic (exact) mass is 383 g/mol. The Kier molecular flexibility index (Phi) is 6.46. The predicted octanol–water partition coefficient (Wildman–Crippen LogP) is 1.53. The van der Waals surface area contributed by atoms with Crippen LogP contribution < -0.4 is 9.97 Å². The number of Topliss-reactive ketones (excluding diaryl/α,β-unsaturated/α-hetero) is 1. The molecule has 2 aromatic rings. The standard InChI is InChI=1S/C20H22BNO6/c23-9-8-22-12-13-4-6-14(7-5-13)18(24)11-16-10-15-2-1-3-17(20(25)26)19(15)28-21(16)27/h1-7,16,22-23,27H,8-12H2,(H,25,26)/t16-/m1/s1. The van der Waals surface area contributed by atoms with Gasteiger partial charge in [0.2, 0.25) is 0 Å². The van der Waals surface area contributed by atoms with Crippen LogP contribution in [-0.4, -0.2) is 47.3 Å². The maximum absolute atomic E-state index is 12.6. The molecule has 0 spiro atoms. The number of nitrogens with one attached hydrogen (secondary N) is 1. The zero-order valence-electron chi connectivity index (χ0n) is 15.3. The molecule has 28 heavy (non-hydrogen) atoms. The molecule has 3 rings (SSSR count). The maximum Gasteiger partial charge on any atom is 0.526 e. The molecule has 4 N–H and O–H groups in total. The smallest absolute Gasteiger partial charge is 0.526 e. The van der Waals surface area contributed by atoms with Gasteiger partial charge in [0, 0.05) is 30.9 Å². The first-order valence-electron chi connectivity index (χ1n) is 9.13. The number of hydrogen-bond acceptors (Lipinski definition) is 6. The van der Waals surface area contributed by atoms with Crippen LogP contribution in [0.2, 0.25) is 5.82 Å². The van der Waals surface area contributed by atoms with Gasteiger partial charge in [-0.15, -0.1) is 0 Å². The summed E-state index contributed by atoms with van der Waals surface area (Å²) in [5.74, 6) is -1.51. The van der Waals surface area contributed by atoms with E-state index < -0.39 is 18.9 Å². The van der Waals surface area contributed by atoms with Crippen molar-refractivity contribution in [2.24, 2.45) is 0 Å². The first-order valence-corrected chi connectivity index (χ1v) is 9.13. The number of carboxylic acids is 1. The van der Waals surface area contributed by atoms with Gasteiger partial charge in [-0.1, -0.05) is 36.4 Å². The number of carboxylic acid groups (broad SMARTS) is 1. The van der Waals surface area contributed by atoms with Crippen molar-refractivity contribution < 1.29 is 29.5 Å². The van der Waals surface area contributed by atoms with Crippen molar-refractivity contribution in [1.82, 2.24) is 5.32 Å². The average molecular weight is 383 g/mol. The molecule has 0 amide bonds. The molecule has 0 fully saturated rings. The lowest BCUT2D eigenvalue weighted by Gasteiger charge is -2.28. The number of aliphatic hydroxyl groups is 1. The van der Waals surface area contributed by atoms with Crippen molar-refractivity contribution in [1.29, 1.82) is 0 Å². The van der Waals surface area contributed by atoms with Gasteiger partial charge in [-0.05, 0) is 23.6 Å². The molecule has 1 aliphatic heterocycles. The van der Waals surface area contributed by atoms with E-state index in [0.29, 0.717) is 30.6 Å². The molecule has 0 unspecified atom stereocenters. The summed E-state index contributed by atoms with van der Waals surface area (Å²) in [5.41, 5.74) is 2.23. The third kappa shape index (κ3) is 4.59. The fourth-order valence-corrected chi connectivity index (χ4v) is 3.30. The number of benzene rings is 2. The van der Waals surface area contributed by atoms with Crippen LogP contribution in [0.3, 0.4) is 0 Å². The van der Waals surface area contributed by atoms with Gasteiger partial charge in [0.25, 0.3) is 0 Å². The molecule has 2 aromatic carbocycles. The molecule has 0 aliphatic carbocycles. The fourth-order valence-electron chi connectivity index (χ4n) is 3.30. The molecule has 0 aromatic heterocycles. The van der Waals surface area contributed by atoms with E-state index in [0.717, 1.165) is 5.56 Å². The highest BCUT2D eigenvalue weighted by Gasteiger charge is 2.37. The van der Waals surface area contributed by atoms with Gasteiger partial charge < -0.3 is 25.2 Å². The Morgan fingerprint density at radius 2 is 1.93 bits per heavy atom.